The van der Waals surface area contributed by atoms with Gasteiger partial charge in [-0.2, -0.15) is 0 Å². The van der Waals surface area contributed by atoms with Gasteiger partial charge in [0.1, 0.15) is 16.2 Å². The van der Waals surface area contributed by atoms with Gasteiger partial charge in [0, 0.05) is 42.3 Å². The number of hydrogen-bond acceptors (Lipinski definition) is 4. The lowest BCUT2D eigenvalue weighted by Gasteiger charge is -2.25. The minimum atomic E-state index is 0.738. The van der Waals surface area contributed by atoms with Gasteiger partial charge in [-0.3, -0.25) is 4.57 Å². The molecular weight excluding hydrogens is 366 g/mol. The monoisotopic (exact) mass is 391 g/mol. The summed E-state index contributed by atoms with van der Waals surface area (Å²) >= 11 is 5.68. The average Bonchev–Trinajstić information content (AvgIpc) is 2.74. The standard InChI is InChI=1S/C23H25N3OS/c1-25(2)17-10-12-18(13-11-17)26-21-7-5-4-6-20(21)23(28)24-22(26)16-8-14-19(27-3)15-9-16/h8-15H,4-7H2,1-3H3. The summed E-state index contributed by atoms with van der Waals surface area (Å²) in [5.41, 5.74) is 5.87. The minimum Gasteiger partial charge on any atom is -0.497 e. The van der Waals surface area contributed by atoms with Crippen LogP contribution < -0.4 is 9.64 Å². The third kappa shape index (κ3) is 3.42. The number of hydrogen-bond donors (Lipinski definition) is 0. The number of benzene rings is 2. The molecule has 0 atom stereocenters. The van der Waals surface area contributed by atoms with Crippen molar-refractivity contribution >= 4 is 17.9 Å². The maximum atomic E-state index is 5.68. The number of ether oxygens (including phenoxy) is 1. The molecule has 4 nitrogen and oxygen atoms in total. The van der Waals surface area contributed by atoms with Crippen LogP contribution in [-0.4, -0.2) is 30.8 Å². The molecule has 2 aromatic carbocycles. The Morgan fingerprint density at radius 3 is 2.29 bits per heavy atom. The van der Waals surface area contributed by atoms with Crippen LogP contribution in [0.5, 0.6) is 5.75 Å². The highest BCUT2D eigenvalue weighted by atomic mass is 32.1. The van der Waals surface area contributed by atoms with Crippen LogP contribution in [0.2, 0.25) is 0 Å². The van der Waals surface area contributed by atoms with Crippen molar-refractivity contribution < 1.29 is 4.74 Å². The summed E-state index contributed by atoms with van der Waals surface area (Å²) in [4.78, 5) is 6.98. The van der Waals surface area contributed by atoms with Gasteiger partial charge in [-0.1, -0.05) is 12.2 Å². The van der Waals surface area contributed by atoms with E-state index in [0.717, 1.165) is 40.3 Å². The van der Waals surface area contributed by atoms with Crippen LogP contribution in [0.4, 0.5) is 5.69 Å². The highest BCUT2D eigenvalue weighted by Gasteiger charge is 2.20. The second-order valence-corrected chi connectivity index (χ2v) is 7.73. The van der Waals surface area contributed by atoms with Gasteiger partial charge in [0.25, 0.3) is 0 Å². The van der Waals surface area contributed by atoms with E-state index in [2.05, 4.69) is 60.0 Å². The van der Waals surface area contributed by atoms with Crippen LogP contribution >= 0.6 is 12.2 Å². The van der Waals surface area contributed by atoms with Crippen molar-refractivity contribution in [3.8, 4) is 22.8 Å². The Labute approximate surface area is 171 Å². The summed E-state index contributed by atoms with van der Waals surface area (Å²) in [5, 5.41) is 0. The Morgan fingerprint density at radius 2 is 1.64 bits per heavy atom. The van der Waals surface area contributed by atoms with Gasteiger partial charge in [0.05, 0.1) is 7.11 Å². The van der Waals surface area contributed by atoms with Crippen molar-refractivity contribution in [3.63, 3.8) is 0 Å². The average molecular weight is 392 g/mol. The first-order chi connectivity index (χ1) is 13.6. The number of rotatable bonds is 4. The molecule has 0 amide bonds. The zero-order valence-electron chi connectivity index (χ0n) is 16.6. The lowest BCUT2D eigenvalue weighted by Crippen LogP contribution is -2.17. The van der Waals surface area contributed by atoms with Crippen LogP contribution in [0.1, 0.15) is 24.1 Å². The Balaban J connectivity index is 1.94. The molecule has 1 aliphatic carbocycles. The van der Waals surface area contributed by atoms with Crippen molar-refractivity contribution in [2.45, 2.75) is 25.7 Å². The van der Waals surface area contributed by atoms with Crippen molar-refractivity contribution in [3.05, 3.63) is 64.4 Å². The van der Waals surface area contributed by atoms with Crippen LogP contribution in [0.25, 0.3) is 17.1 Å². The second-order valence-electron chi connectivity index (χ2n) is 7.35. The van der Waals surface area contributed by atoms with Crippen molar-refractivity contribution in [2.75, 3.05) is 26.1 Å². The van der Waals surface area contributed by atoms with Crippen LogP contribution in [0.15, 0.2) is 48.5 Å². The number of nitrogens with zero attached hydrogens (tertiary/aromatic N) is 3. The maximum absolute atomic E-state index is 5.68. The van der Waals surface area contributed by atoms with E-state index in [0.29, 0.717) is 0 Å². The molecule has 0 aliphatic heterocycles. The Hall–Kier alpha value is -2.66. The van der Waals surface area contributed by atoms with Gasteiger partial charge >= 0.3 is 0 Å². The Bertz CT molecular complexity index is 1040. The molecule has 0 bridgehead atoms. The predicted octanol–water partition coefficient (Wildman–Crippen LogP) is 5.22. The third-order valence-corrected chi connectivity index (χ3v) is 5.70. The van der Waals surface area contributed by atoms with Crippen molar-refractivity contribution in [2.24, 2.45) is 0 Å². The number of aromatic nitrogens is 2. The molecule has 4 rings (SSSR count). The molecule has 0 saturated heterocycles. The number of anilines is 1. The molecule has 0 saturated carbocycles. The molecule has 5 heteroatoms. The fourth-order valence-electron chi connectivity index (χ4n) is 3.82. The lowest BCUT2D eigenvalue weighted by atomic mass is 9.96. The quantitative estimate of drug-likeness (QED) is 0.570. The molecule has 1 heterocycles. The highest BCUT2D eigenvalue weighted by molar-refractivity contribution is 7.71. The fourth-order valence-corrected chi connectivity index (χ4v) is 4.13. The molecule has 0 N–H and O–H groups in total. The Morgan fingerprint density at radius 1 is 0.964 bits per heavy atom. The normalized spacial score (nSPS) is 13.1. The van der Waals surface area contributed by atoms with Gasteiger partial charge in [0.2, 0.25) is 0 Å². The fraction of sp³-hybridized carbons (Fsp3) is 0.304. The molecule has 0 unspecified atom stereocenters. The summed E-state index contributed by atoms with van der Waals surface area (Å²) in [6, 6.07) is 16.7. The molecule has 28 heavy (non-hydrogen) atoms. The predicted molar refractivity (Wildman–Crippen MR) is 117 cm³/mol. The van der Waals surface area contributed by atoms with Crippen LogP contribution in [0.3, 0.4) is 0 Å². The zero-order chi connectivity index (χ0) is 19.7. The summed E-state index contributed by atoms with van der Waals surface area (Å²) in [5.74, 6) is 1.73. The van der Waals surface area contributed by atoms with Crippen LogP contribution in [0, 0.1) is 4.64 Å². The van der Waals surface area contributed by atoms with E-state index in [-0.39, 0.29) is 0 Å². The van der Waals surface area contributed by atoms with E-state index in [9.17, 15) is 0 Å². The second kappa shape index (κ2) is 7.76. The van der Waals surface area contributed by atoms with E-state index >= 15 is 0 Å². The topological polar surface area (TPSA) is 30.3 Å². The molecule has 1 aromatic heterocycles. The minimum absolute atomic E-state index is 0.738. The van der Waals surface area contributed by atoms with E-state index in [1.54, 1.807) is 7.11 Å². The van der Waals surface area contributed by atoms with Crippen LogP contribution in [-0.2, 0) is 12.8 Å². The number of fused-ring (bicyclic) bond motifs is 1. The van der Waals surface area contributed by atoms with Gasteiger partial charge in [0.15, 0.2) is 0 Å². The molecule has 0 radical (unpaired) electrons. The lowest BCUT2D eigenvalue weighted by molar-refractivity contribution is 0.415. The summed E-state index contributed by atoms with van der Waals surface area (Å²) in [6.45, 7) is 0. The summed E-state index contributed by atoms with van der Waals surface area (Å²) in [7, 11) is 5.79. The molecule has 144 valence electrons. The molecular formula is C23H25N3OS. The summed E-state index contributed by atoms with van der Waals surface area (Å²) in [6.07, 6.45) is 4.41. The first-order valence-corrected chi connectivity index (χ1v) is 10.1. The maximum Gasteiger partial charge on any atom is 0.146 e. The summed E-state index contributed by atoms with van der Waals surface area (Å²) < 4.78 is 8.35. The zero-order valence-corrected chi connectivity index (χ0v) is 17.4. The van der Waals surface area contributed by atoms with E-state index in [4.69, 9.17) is 21.9 Å². The van der Waals surface area contributed by atoms with Gasteiger partial charge in [-0.15, -0.1) is 0 Å². The first-order valence-electron chi connectivity index (χ1n) is 9.65. The smallest absolute Gasteiger partial charge is 0.146 e. The largest absolute Gasteiger partial charge is 0.497 e. The van der Waals surface area contributed by atoms with Crippen molar-refractivity contribution in [1.82, 2.24) is 9.55 Å². The van der Waals surface area contributed by atoms with Gasteiger partial charge in [-0.25, -0.2) is 4.98 Å². The molecule has 0 fully saturated rings. The highest BCUT2D eigenvalue weighted by Crippen LogP contribution is 2.31. The molecule has 0 spiro atoms. The molecule has 3 aromatic rings. The van der Waals surface area contributed by atoms with Crippen molar-refractivity contribution in [1.29, 1.82) is 0 Å². The van der Waals surface area contributed by atoms with Gasteiger partial charge < -0.3 is 9.64 Å². The number of methoxy groups -OCH3 is 1. The van der Waals surface area contributed by atoms with E-state index in [1.165, 1.54) is 29.8 Å². The first kappa shape index (κ1) is 18.7. The van der Waals surface area contributed by atoms with E-state index < -0.39 is 0 Å². The Kier molecular flexibility index (Phi) is 5.18. The molecule has 1 aliphatic rings. The third-order valence-electron chi connectivity index (χ3n) is 5.36. The van der Waals surface area contributed by atoms with Gasteiger partial charge in [-0.05, 0) is 74.2 Å². The SMILES string of the molecule is COc1ccc(-c2nc(=S)c3c(n2-c2ccc(N(C)C)cc2)CCCC3)cc1. The van der Waals surface area contributed by atoms with E-state index in [1.807, 2.05) is 12.1 Å².